The quantitative estimate of drug-likeness (QED) is 0.845. The minimum Gasteiger partial charge on any atom is -0.495 e. The Kier molecular flexibility index (Phi) is 4.62. The first-order chi connectivity index (χ1) is 9.51. The SMILES string of the molecule is COc1cc(Br)cc(C)c1NC(=O)c1ccc(Cl)nc1. The maximum Gasteiger partial charge on any atom is 0.257 e. The van der Waals surface area contributed by atoms with Crippen molar-refractivity contribution in [2.45, 2.75) is 6.92 Å². The van der Waals surface area contributed by atoms with E-state index in [0.717, 1.165) is 10.0 Å². The number of anilines is 1. The zero-order valence-electron chi connectivity index (χ0n) is 10.9. The molecule has 0 saturated heterocycles. The molecule has 0 fully saturated rings. The molecule has 0 radical (unpaired) electrons. The Balaban J connectivity index is 2.30. The molecule has 0 saturated carbocycles. The van der Waals surface area contributed by atoms with Crippen LogP contribution in [0.1, 0.15) is 15.9 Å². The lowest BCUT2D eigenvalue weighted by atomic mass is 10.1. The van der Waals surface area contributed by atoms with Crippen LogP contribution in [0.25, 0.3) is 0 Å². The number of carbonyl (C=O) groups excluding carboxylic acids is 1. The third kappa shape index (κ3) is 3.29. The summed E-state index contributed by atoms with van der Waals surface area (Å²) in [7, 11) is 1.56. The maximum atomic E-state index is 12.2. The van der Waals surface area contributed by atoms with Crippen molar-refractivity contribution in [2.75, 3.05) is 12.4 Å². The summed E-state index contributed by atoms with van der Waals surface area (Å²) < 4.78 is 6.17. The Hall–Kier alpha value is -1.59. The first kappa shape index (κ1) is 14.8. The van der Waals surface area contributed by atoms with Crippen LogP contribution in [0, 0.1) is 6.92 Å². The van der Waals surface area contributed by atoms with Crippen LogP contribution >= 0.6 is 27.5 Å². The molecular weight excluding hydrogens is 344 g/mol. The molecule has 0 bridgehead atoms. The van der Waals surface area contributed by atoms with Crippen molar-refractivity contribution < 1.29 is 9.53 Å². The second-order valence-electron chi connectivity index (χ2n) is 4.12. The van der Waals surface area contributed by atoms with E-state index in [1.165, 1.54) is 6.20 Å². The molecule has 0 spiro atoms. The predicted molar refractivity (Wildman–Crippen MR) is 82.6 cm³/mol. The van der Waals surface area contributed by atoms with Crippen LogP contribution in [0.3, 0.4) is 0 Å². The van der Waals surface area contributed by atoms with E-state index in [1.54, 1.807) is 25.3 Å². The molecule has 4 nitrogen and oxygen atoms in total. The van der Waals surface area contributed by atoms with E-state index in [-0.39, 0.29) is 5.91 Å². The van der Waals surface area contributed by atoms with Gasteiger partial charge in [-0.25, -0.2) is 4.98 Å². The Morgan fingerprint density at radius 3 is 2.75 bits per heavy atom. The van der Waals surface area contributed by atoms with Gasteiger partial charge in [-0.1, -0.05) is 27.5 Å². The van der Waals surface area contributed by atoms with Crippen molar-refractivity contribution in [2.24, 2.45) is 0 Å². The van der Waals surface area contributed by atoms with Gasteiger partial charge in [0.15, 0.2) is 0 Å². The summed E-state index contributed by atoms with van der Waals surface area (Å²) in [5.41, 5.74) is 1.96. The number of carbonyl (C=O) groups is 1. The molecule has 6 heteroatoms. The number of hydrogen-bond donors (Lipinski definition) is 1. The normalized spacial score (nSPS) is 10.2. The highest BCUT2D eigenvalue weighted by molar-refractivity contribution is 9.10. The van der Waals surface area contributed by atoms with E-state index in [4.69, 9.17) is 16.3 Å². The molecule has 1 amide bonds. The van der Waals surface area contributed by atoms with E-state index < -0.39 is 0 Å². The Morgan fingerprint density at radius 1 is 1.40 bits per heavy atom. The highest BCUT2D eigenvalue weighted by Crippen LogP contribution is 2.32. The number of halogens is 2. The summed E-state index contributed by atoms with van der Waals surface area (Å²) >= 11 is 9.09. The van der Waals surface area contributed by atoms with Crippen molar-refractivity contribution >= 4 is 39.1 Å². The highest BCUT2D eigenvalue weighted by Gasteiger charge is 2.13. The van der Waals surface area contributed by atoms with Gasteiger partial charge in [0.2, 0.25) is 0 Å². The monoisotopic (exact) mass is 354 g/mol. The smallest absolute Gasteiger partial charge is 0.257 e. The zero-order valence-corrected chi connectivity index (χ0v) is 13.2. The van der Waals surface area contributed by atoms with E-state index in [0.29, 0.717) is 22.2 Å². The van der Waals surface area contributed by atoms with Gasteiger partial charge in [-0.15, -0.1) is 0 Å². The Labute approximate surface area is 130 Å². The topological polar surface area (TPSA) is 51.2 Å². The number of pyridine rings is 1. The minimum absolute atomic E-state index is 0.266. The van der Waals surface area contributed by atoms with Crippen LogP contribution in [0.5, 0.6) is 5.75 Å². The summed E-state index contributed by atoms with van der Waals surface area (Å²) in [4.78, 5) is 16.1. The van der Waals surface area contributed by atoms with Crippen LogP contribution in [0.2, 0.25) is 5.15 Å². The number of hydrogen-bond acceptors (Lipinski definition) is 3. The average Bonchev–Trinajstić information content (AvgIpc) is 2.42. The van der Waals surface area contributed by atoms with Crippen LogP contribution in [0.15, 0.2) is 34.9 Å². The fraction of sp³-hybridized carbons (Fsp3) is 0.143. The second kappa shape index (κ2) is 6.24. The van der Waals surface area contributed by atoms with Gasteiger partial charge < -0.3 is 10.1 Å². The first-order valence-electron chi connectivity index (χ1n) is 5.78. The molecule has 2 rings (SSSR count). The zero-order chi connectivity index (χ0) is 14.7. The summed E-state index contributed by atoms with van der Waals surface area (Å²) in [6.07, 6.45) is 1.43. The van der Waals surface area contributed by atoms with Crippen molar-refractivity contribution in [3.05, 3.63) is 51.2 Å². The number of nitrogens with one attached hydrogen (secondary N) is 1. The van der Waals surface area contributed by atoms with E-state index in [9.17, 15) is 4.79 Å². The van der Waals surface area contributed by atoms with Gasteiger partial charge in [0.25, 0.3) is 5.91 Å². The van der Waals surface area contributed by atoms with Crippen molar-refractivity contribution in [1.82, 2.24) is 4.98 Å². The van der Waals surface area contributed by atoms with Gasteiger partial charge in [0.05, 0.1) is 18.4 Å². The number of aryl methyl sites for hydroxylation is 1. The third-order valence-corrected chi connectivity index (χ3v) is 3.39. The van der Waals surface area contributed by atoms with Gasteiger partial charge in [-0.2, -0.15) is 0 Å². The molecule has 20 heavy (non-hydrogen) atoms. The molecular formula is C14H12BrClN2O2. The fourth-order valence-corrected chi connectivity index (χ4v) is 2.39. The van der Waals surface area contributed by atoms with Gasteiger partial charge in [-0.05, 0) is 36.8 Å². The van der Waals surface area contributed by atoms with E-state index in [1.807, 2.05) is 13.0 Å². The molecule has 0 aliphatic carbocycles. The molecule has 1 aromatic carbocycles. The first-order valence-corrected chi connectivity index (χ1v) is 6.95. The molecule has 2 aromatic rings. The number of methoxy groups -OCH3 is 1. The third-order valence-electron chi connectivity index (χ3n) is 2.71. The molecule has 104 valence electrons. The predicted octanol–water partition coefficient (Wildman–Crippen LogP) is 4.07. The molecule has 1 heterocycles. The van der Waals surface area contributed by atoms with Crippen molar-refractivity contribution in [3.8, 4) is 5.75 Å². The molecule has 1 N–H and O–H groups in total. The van der Waals surface area contributed by atoms with Crippen LogP contribution < -0.4 is 10.1 Å². The van der Waals surface area contributed by atoms with Gasteiger partial charge in [0, 0.05) is 10.7 Å². The van der Waals surface area contributed by atoms with E-state index >= 15 is 0 Å². The van der Waals surface area contributed by atoms with Crippen LogP contribution in [-0.2, 0) is 0 Å². The summed E-state index contributed by atoms with van der Waals surface area (Å²) in [6.45, 7) is 1.89. The molecule has 0 unspecified atom stereocenters. The minimum atomic E-state index is -0.266. The number of amides is 1. The number of aromatic nitrogens is 1. The molecule has 1 aromatic heterocycles. The Morgan fingerprint density at radius 2 is 2.15 bits per heavy atom. The van der Waals surface area contributed by atoms with Crippen LogP contribution in [0.4, 0.5) is 5.69 Å². The summed E-state index contributed by atoms with van der Waals surface area (Å²) in [5, 5.41) is 3.17. The summed E-state index contributed by atoms with van der Waals surface area (Å²) in [6, 6.07) is 6.88. The molecule has 0 aliphatic heterocycles. The van der Waals surface area contributed by atoms with Gasteiger partial charge in [-0.3, -0.25) is 4.79 Å². The highest BCUT2D eigenvalue weighted by atomic mass is 79.9. The van der Waals surface area contributed by atoms with Crippen LogP contribution in [-0.4, -0.2) is 18.0 Å². The van der Waals surface area contributed by atoms with Crippen molar-refractivity contribution in [1.29, 1.82) is 0 Å². The fourth-order valence-electron chi connectivity index (χ4n) is 1.73. The molecule has 0 aliphatic rings. The standard InChI is InChI=1S/C14H12BrClN2O2/c1-8-5-10(15)6-11(20-2)13(8)18-14(19)9-3-4-12(16)17-7-9/h3-7H,1-2H3,(H,18,19). The lowest BCUT2D eigenvalue weighted by molar-refractivity contribution is 0.102. The lowest BCUT2D eigenvalue weighted by Gasteiger charge is -2.13. The number of rotatable bonds is 3. The van der Waals surface area contributed by atoms with Gasteiger partial charge >= 0.3 is 0 Å². The largest absolute Gasteiger partial charge is 0.495 e. The number of benzene rings is 1. The lowest BCUT2D eigenvalue weighted by Crippen LogP contribution is -2.14. The number of nitrogens with zero attached hydrogens (tertiary/aromatic N) is 1. The van der Waals surface area contributed by atoms with Crippen molar-refractivity contribution in [3.63, 3.8) is 0 Å². The van der Waals surface area contributed by atoms with Gasteiger partial charge in [0.1, 0.15) is 10.9 Å². The maximum absolute atomic E-state index is 12.2. The average molecular weight is 356 g/mol. The molecule has 0 atom stereocenters. The summed E-state index contributed by atoms with van der Waals surface area (Å²) in [5.74, 6) is 0.324. The second-order valence-corrected chi connectivity index (χ2v) is 5.43. The number of ether oxygens (including phenoxy) is 1. The van der Waals surface area contributed by atoms with E-state index in [2.05, 4.69) is 26.2 Å². The Bertz CT molecular complexity index is 644.